The molecule has 0 bridgehead atoms. The van der Waals surface area contributed by atoms with E-state index >= 15 is 0 Å². The van der Waals surface area contributed by atoms with Crippen molar-refractivity contribution in [1.29, 1.82) is 0 Å². The SMILES string of the molecule is CCNC(=O)NC(=O)C(C)N1CCC(NC)CC1. The van der Waals surface area contributed by atoms with E-state index in [-0.39, 0.29) is 11.9 Å². The fourth-order valence-corrected chi connectivity index (χ4v) is 2.16. The molecule has 0 saturated carbocycles. The van der Waals surface area contributed by atoms with Gasteiger partial charge >= 0.3 is 6.03 Å². The average molecular weight is 256 g/mol. The van der Waals surface area contributed by atoms with Gasteiger partial charge in [-0.05, 0) is 33.7 Å². The highest BCUT2D eigenvalue weighted by Crippen LogP contribution is 2.12. The van der Waals surface area contributed by atoms with Crippen LogP contribution in [-0.2, 0) is 4.79 Å². The number of nitrogens with one attached hydrogen (secondary N) is 3. The van der Waals surface area contributed by atoms with Gasteiger partial charge in [-0.2, -0.15) is 0 Å². The summed E-state index contributed by atoms with van der Waals surface area (Å²) in [5.41, 5.74) is 0. The maximum absolute atomic E-state index is 11.8. The van der Waals surface area contributed by atoms with Crippen LogP contribution in [0.1, 0.15) is 26.7 Å². The molecule has 1 atom stereocenters. The molecule has 18 heavy (non-hydrogen) atoms. The molecule has 0 aromatic rings. The van der Waals surface area contributed by atoms with Gasteiger partial charge < -0.3 is 10.6 Å². The minimum Gasteiger partial charge on any atom is -0.338 e. The smallest absolute Gasteiger partial charge is 0.321 e. The Labute approximate surface area is 108 Å². The number of carbonyl (C=O) groups is 2. The van der Waals surface area contributed by atoms with Gasteiger partial charge in [-0.1, -0.05) is 0 Å². The lowest BCUT2D eigenvalue weighted by atomic mass is 10.0. The summed E-state index contributed by atoms with van der Waals surface area (Å²) in [5.74, 6) is -0.233. The third kappa shape index (κ3) is 4.27. The summed E-state index contributed by atoms with van der Waals surface area (Å²) in [4.78, 5) is 25.2. The molecule has 1 unspecified atom stereocenters. The van der Waals surface area contributed by atoms with Crippen LogP contribution >= 0.6 is 0 Å². The molecule has 104 valence electrons. The maximum Gasteiger partial charge on any atom is 0.321 e. The van der Waals surface area contributed by atoms with Gasteiger partial charge in [-0.15, -0.1) is 0 Å². The zero-order valence-electron chi connectivity index (χ0n) is 11.5. The number of amides is 3. The minimum atomic E-state index is -0.417. The Morgan fingerprint density at radius 1 is 1.33 bits per heavy atom. The van der Waals surface area contributed by atoms with E-state index in [0.29, 0.717) is 12.6 Å². The van der Waals surface area contributed by atoms with E-state index in [9.17, 15) is 9.59 Å². The molecule has 0 radical (unpaired) electrons. The van der Waals surface area contributed by atoms with Crippen LogP contribution in [-0.4, -0.2) is 55.6 Å². The standard InChI is InChI=1S/C12H24N4O2/c1-4-14-12(18)15-11(17)9(2)16-7-5-10(13-3)6-8-16/h9-10,13H,4-8H2,1-3H3,(H2,14,15,17,18). The first-order valence-electron chi connectivity index (χ1n) is 6.58. The van der Waals surface area contributed by atoms with Crippen LogP contribution in [0.15, 0.2) is 0 Å². The van der Waals surface area contributed by atoms with Crippen molar-refractivity contribution in [2.75, 3.05) is 26.7 Å². The summed E-state index contributed by atoms with van der Waals surface area (Å²) >= 11 is 0. The predicted molar refractivity (Wildman–Crippen MR) is 70.3 cm³/mol. The Hall–Kier alpha value is -1.14. The molecule has 1 saturated heterocycles. The molecule has 0 aliphatic carbocycles. The molecule has 1 heterocycles. The quantitative estimate of drug-likeness (QED) is 0.657. The number of hydrogen-bond donors (Lipinski definition) is 3. The highest BCUT2D eigenvalue weighted by atomic mass is 16.2. The maximum atomic E-state index is 11.8. The second-order valence-electron chi connectivity index (χ2n) is 4.62. The highest BCUT2D eigenvalue weighted by Gasteiger charge is 2.26. The van der Waals surface area contributed by atoms with Gasteiger partial charge in [-0.3, -0.25) is 15.0 Å². The number of rotatable bonds is 4. The number of carbonyl (C=O) groups excluding carboxylic acids is 2. The molecule has 3 N–H and O–H groups in total. The molecule has 1 rings (SSSR count). The number of nitrogens with zero attached hydrogens (tertiary/aromatic N) is 1. The van der Waals surface area contributed by atoms with Gasteiger partial charge in [0, 0.05) is 25.7 Å². The predicted octanol–water partition coefficient (Wildman–Crippen LogP) is -0.0956. The first-order valence-corrected chi connectivity index (χ1v) is 6.58. The molecule has 6 nitrogen and oxygen atoms in total. The van der Waals surface area contributed by atoms with Crippen molar-refractivity contribution in [1.82, 2.24) is 20.9 Å². The molecule has 1 fully saturated rings. The van der Waals surface area contributed by atoms with Gasteiger partial charge in [0.05, 0.1) is 6.04 Å². The summed E-state index contributed by atoms with van der Waals surface area (Å²) < 4.78 is 0. The van der Waals surface area contributed by atoms with Gasteiger partial charge in [0.15, 0.2) is 0 Å². The zero-order chi connectivity index (χ0) is 13.5. The average Bonchev–Trinajstić information content (AvgIpc) is 2.38. The number of likely N-dealkylation sites (tertiary alicyclic amines) is 1. The Morgan fingerprint density at radius 2 is 1.94 bits per heavy atom. The van der Waals surface area contributed by atoms with Crippen molar-refractivity contribution in [3.8, 4) is 0 Å². The normalized spacial score (nSPS) is 19.3. The van der Waals surface area contributed by atoms with Crippen molar-refractivity contribution >= 4 is 11.9 Å². The van der Waals surface area contributed by atoms with E-state index in [2.05, 4.69) is 20.9 Å². The van der Waals surface area contributed by atoms with Crippen LogP contribution < -0.4 is 16.0 Å². The number of piperidine rings is 1. The summed E-state index contributed by atoms with van der Waals surface area (Å²) in [6, 6.07) is -0.134. The fraction of sp³-hybridized carbons (Fsp3) is 0.833. The molecule has 0 spiro atoms. The Morgan fingerprint density at radius 3 is 2.44 bits per heavy atom. The summed E-state index contributed by atoms with van der Waals surface area (Å²) in [5, 5.41) is 8.16. The van der Waals surface area contributed by atoms with E-state index in [0.717, 1.165) is 25.9 Å². The van der Waals surface area contributed by atoms with Crippen LogP contribution in [0.25, 0.3) is 0 Å². The van der Waals surface area contributed by atoms with Crippen molar-refractivity contribution in [2.24, 2.45) is 0 Å². The molecule has 0 aromatic heterocycles. The highest BCUT2D eigenvalue weighted by molar-refractivity contribution is 5.96. The van der Waals surface area contributed by atoms with E-state index in [1.807, 2.05) is 20.9 Å². The first kappa shape index (κ1) is 14.9. The van der Waals surface area contributed by atoms with E-state index in [1.165, 1.54) is 0 Å². The van der Waals surface area contributed by atoms with Crippen molar-refractivity contribution < 1.29 is 9.59 Å². The van der Waals surface area contributed by atoms with Crippen molar-refractivity contribution in [3.05, 3.63) is 0 Å². The fourth-order valence-electron chi connectivity index (χ4n) is 2.16. The number of hydrogen-bond acceptors (Lipinski definition) is 4. The minimum absolute atomic E-state index is 0.233. The van der Waals surface area contributed by atoms with Crippen molar-refractivity contribution in [3.63, 3.8) is 0 Å². The summed E-state index contributed by atoms with van der Waals surface area (Å²) in [6.07, 6.45) is 2.07. The third-order valence-electron chi connectivity index (χ3n) is 3.44. The lowest BCUT2D eigenvalue weighted by Crippen LogP contribution is -2.52. The molecular weight excluding hydrogens is 232 g/mol. The van der Waals surface area contributed by atoms with Crippen LogP contribution in [0.2, 0.25) is 0 Å². The molecule has 1 aliphatic rings. The Bertz CT molecular complexity index is 288. The van der Waals surface area contributed by atoms with Crippen LogP contribution in [0.4, 0.5) is 4.79 Å². The number of urea groups is 1. The first-order chi connectivity index (χ1) is 8.58. The number of imide groups is 1. The lowest BCUT2D eigenvalue weighted by Gasteiger charge is -2.35. The van der Waals surface area contributed by atoms with Gasteiger partial charge in [0.1, 0.15) is 0 Å². The third-order valence-corrected chi connectivity index (χ3v) is 3.44. The van der Waals surface area contributed by atoms with Gasteiger partial charge in [0.25, 0.3) is 0 Å². The molecule has 6 heteroatoms. The largest absolute Gasteiger partial charge is 0.338 e. The molecular formula is C12H24N4O2. The second-order valence-corrected chi connectivity index (χ2v) is 4.62. The van der Waals surface area contributed by atoms with Gasteiger partial charge in [-0.25, -0.2) is 4.79 Å². The van der Waals surface area contributed by atoms with Crippen molar-refractivity contribution in [2.45, 2.75) is 38.8 Å². The van der Waals surface area contributed by atoms with Gasteiger partial charge in [0.2, 0.25) is 5.91 Å². The lowest BCUT2D eigenvalue weighted by molar-refractivity contribution is -0.125. The van der Waals surface area contributed by atoms with E-state index in [4.69, 9.17) is 0 Å². The monoisotopic (exact) mass is 256 g/mol. The summed E-state index contributed by atoms with van der Waals surface area (Å²) in [6.45, 7) is 5.94. The molecule has 0 aromatic carbocycles. The van der Waals surface area contributed by atoms with Crippen LogP contribution in [0.3, 0.4) is 0 Å². The Kier molecular flexibility index (Phi) is 6.07. The second kappa shape index (κ2) is 7.33. The molecule has 1 aliphatic heterocycles. The van der Waals surface area contributed by atoms with Crippen LogP contribution in [0, 0.1) is 0 Å². The Balaban J connectivity index is 2.37. The van der Waals surface area contributed by atoms with E-state index < -0.39 is 6.03 Å². The van der Waals surface area contributed by atoms with Crippen LogP contribution in [0.5, 0.6) is 0 Å². The molecule has 3 amide bonds. The van der Waals surface area contributed by atoms with E-state index in [1.54, 1.807) is 0 Å². The zero-order valence-corrected chi connectivity index (χ0v) is 11.5. The summed E-state index contributed by atoms with van der Waals surface area (Å²) in [7, 11) is 1.96. The topological polar surface area (TPSA) is 73.5 Å².